The zero-order valence-electron chi connectivity index (χ0n) is 10.6. The van der Waals surface area contributed by atoms with Gasteiger partial charge in [-0.1, -0.05) is 0 Å². The quantitative estimate of drug-likeness (QED) is 0.813. The molecule has 98 valence electrons. The molecule has 18 heavy (non-hydrogen) atoms. The minimum absolute atomic E-state index is 0.157. The molecular formula is C13H19N3O2. The van der Waals surface area contributed by atoms with Crippen LogP contribution >= 0.6 is 0 Å². The Morgan fingerprint density at radius 1 is 1.50 bits per heavy atom. The second-order valence-electron chi connectivity index (χ2n) is 5.46. The Hall–Kier alpha value is -1.36. The number of aromatic nitrogens is 2. The lowest BCUT2D eigenvalue weighted by Gasteiger charge is -2.37. The fraction of sp³-hybridized carbons (Fsp3) is 0.692. The summed E-state index contributed by atoms with van der Waals surface area (Å²) < 4.78 is 0. The fourth-order valence-electron chi connectivity index (χ4n) is 3.36. The summed E-state index contributed by atoms with van der Waals surface area (Å²) in [5.74, 6) is 0.157. The minimum atomic E-state index is -0.223. The summed E-state index contributed by atoms with van der Waals surface area (Å²) in [5.41, 5.74) is 1.80. The number of aliphatic hydroxyl groups excluding tert-OH is 1. The van der Waals surface area contributed by atoms with Gasteiger partial charge in [0.25, 0.3) is 0 Å². The van der Waals surface area contributed by atoms with Gasteiger partial charge in [0.1, 0.15) is 0 Å². The van der Waals surface area contributed by atoms with Crippen molar-refractivity contribution in [2.24, 2.45) is 0 Å². The molecule has 2 N–H and O–H groups in total. The normalized spacial score (nSPS) is 30.8. The standard InChI is InChI=1S/C13H19N3O2/c1-8-12(15-7-14-8)6-13(18)16-9-2-3-10(16)5-11(17)4-9/h7,9-11,17H,2-6H2,1H3,(H,14,15)/t9-,10+,11?. The van der Waals surface area contributed by atoms with E-state index in [1.165, 1.54) is 0 Å². The molecule has 1 unspecified atom stereocenters. The van der Waals surface area contributed by atoms with E-state index in [4.69, 9.17) is 0 Å². The molecule has 1 aromatic heterocycles. The van der Waals surface area contributed by atoms with Crippen molar-refractivity contribution >= 4 is 5.91 Å². The number of aromatic amines is 1. The van der Waals surface area contributed by atoms with Crippen LogP contribution in [-0.4, -0.2) is 44.1 Å². The molecule has 0 spiro atoms. The van der Waals surface area contributed by atoms with Crippen molar-refractivity contribution in [2.75, 3.05) is 0 Å². The van der Waals surface area contributed by atoms with Gasteiger partial charge in [-0.3, -0.25) is 4.79 Å². The van der Waals surface area contributed by atoms with Crippen molar-refractivity contribution in [3.8, 4) is 0 Å². The van der Waals surface area contributed by atoms with Crippen molar-refractivity contribution in [3.05, 3.63) is 17.7 Å². The molecule has 2 saturated heterocycles. The Morgan fingerprint density at radius 2 is 2.17 bits per heavy atom. The molecule has 3 heterocycles. The minimum Gasteiger partial charge on any atom is -0.393 e. The number of nitrogens with one attached hydrogen (secondary N) is 1. The Morgan fingerprint density at radius 3 is 2.72 bits per heavy atom. The SMILES string of the molecule is Cc1[nH]cnc1CC(=O)N1[C@@H]2CC[C@H]1CC(O)C2. The molecule has 1 aromatic rings. The molecule has 0 saturated carbocycles. The van der Waals surface area contributed by atoms with Crippen LogP contribution in [0.5, 0.6) is 0 Å². The maximum absolute atomic E-state index is 12.4. The molecule has 1 amide bonds. The molecule has 2 aliphatic rings. The van der Waals surface area contributed by atoms with E-state index in [0.29, 0.717) is 6.42 Å². The number of carbonyl (C=O) groups is 1. The van der Waals surface area contributed by atoms with Gasteiger partial charge in [-0.2, -0.15) is 0 Å². The topological polar surface area (TPSA) is 69.2 Å². The van der Waals surface area contributed by atoms with Crippen LogP contribution in [0, 0.1) is 6.92 Å². The van der Waals surface area contributed by atoms with E-state index in [-0.39, 0.29) is 24.1 Å². The summed E-state index contributed by atoms with van der Waals surface area (Å²) in [6.07, 6.45) is 5.33. The number of aryl methyl sites for hydroxylation is 1. The lowest BCUT2D eigenvalue weighted by atomic mass is 9.99. The van der Waals surface area contributed by atoms with Crippen LogP contribution in [0.4, 0.5) is 0 Å². The van der Waals surface area contributed by atoms with Crippen LogP contribution in [0.25, 0.3) is 0 Å². The maximum atomic E-state index is 12.4. The van der Waals surface area contributed by atoms with Crippen LogP contribution in [0.3, 0.4) is 0 Å². The van der Waals surface area contributed by atoms with E-state index in [2.05, 4.69) is 9.97 Å². The third-order valence-corrected chi connectivity index (χ3v) is 4.25. The van der Waals surface area contributed by atoms with Gasteiger partial charge < -0.3 is 15.0 Å². The second-order valence-corrected chi connectivity index (χ2v) is 5.46. The zero-order valence-corrected chi connectivity index (χ0v) is 10.6. The van der Waals surface area contributed by atoms with Crippen molar-refractivity contribution in [3.63, 3.8) is 0 Å². The molecule has 0 radical (unpaired) electrons. The van der Waals surface area contributed by atoms with Crippen molar-refractivity contribution < 1.29 is 9.90 Å². The first-order valence-electron chi connectivity index (χ1n) is 6.63. The molecule has 2 fully saturated rings. The predicted molar refractivity (Wildman–Crippen MR) is 65.9 cm³/mol. The van der Waals surface area contributed by atoms with Crippen LogP contribution in [0.15, 0.2) is 6.33 Å². The highest BCUT2D eigenvalue weighted by Gasteiger charge is 2.42. The molecule has 0 aromatic carbocycles. The average Bonchev–Trinajstić information content (AvgIpc) is 2.82. The highest BCUT2D eigenvalue weighted by atomic mass is 16.3. The Labute approximate surface area is 106 Å². The molecule has 3 rings (SSSR count). The predicted octanol–water partition coefficient (Wildman–Crippen LogP) is 0.775. The van der Waals surface area contributed by atoms with Crippen LogP contribution in [0.1, 0.15) is 37.1 Å². The van der Waals surface area contributed by atoms with E-state index in [0.717, 1.165) is 37.1 Å². The average molecular weight is 249 g/mol. The number of aliphatic hydroxyl groups is 1. The van der Waals surface area contributed by atoms with E-state index in [1.54, 1.807) is 6.33 Å². The van der Waals surface area contributed by atoms with Gasteiger partial charge in [-0.05, 0) is 32.6 Å². The summed E-state index contributed by atoms with van der Waals surface area (Å²) >= 11 is 0. The summed E-state index contributed by atoms with van der Waals surface area (Å²) in [7, 11) is 0. The number of fused-ring (bicyclic) bond motifs is 2. The Kier molecular flexibility index (Phi) is 2.86. The monoisotopic (exact) mass is 249 g/mol. The van der Waals surface area contributed by atoms with Gasteiger partial charge in [0, 0.05) is 17.8 Å². The molecule has 5 heteroatoms. The Bertz CT molecular complexity index is 443. The van der Waals surface area contributed by atoms with E-state index in [1.807, 2.05) is 11.8 Å². The Balaban J connectivity index is 1.72. The number of amides is 1. The van der Waals surface area contributed by atoms with Crippen molar-refractivity contribution in [1.82, 2.24) is 14.9 Å². The summed E-state index contributed by atoms with van der Waals surface area (Å²) in [5, 5.41) is 9.74. The fourth-order valence-corrected chi connectivity index (χ4v) is 3.36. The second kappa shape index (κ2) is 4.39. The molecule has 0 aliphatic carbocycles. The number of H-pyrrole nitrogens is 1. The van der Waals surface area contributed by atoms with Crippen molar-refractivity contribution in [2.45, 2.75) is 57.2 Å². The smallest absolute Gasteiger partial charge is 0.229 e. The largest absolute Gasteiger partial charge is 0.393 e. The number of rotatable bonds is 2. The van der Waals surface area contributed by atoms with Gasteiger partial charge in [-0.15, -0.1) is 0 Å². The van der Waals surface area contributed by atoms with E-state index >= 15 is 0 Å². The highest BCUT2D eigenvalue weighted by molar-refractivity contribution is 5.79. The van der Waals surface area contributed by atoms with E-state index < -0.39 is 0 Å². The molecule has 2 bridgehead atoms. The number of imidazole rings is 1. The van der Waals surface area contributed by atoms with Gasteiger partial charge in [-0.25, -0.2) is 4.98 Å². The van der Waals surface area contributed by atoms with Crippen LogP contribution in [-0.2, 0) is 11.2 Å². The third kappa shape index (κ3) is 1.92. The van der Waals surface area contributed by atoms with Gasteiger partial charge in [0.05, 0.1) is 24.5 Å². The highest BCUT2D eigenvalue weighted by Crippen LogP contribution is 2.36. The lowest BCUT2D eigenvalue weighted by molar-refractivity contribution is -0.136. The number of nitrogens with zero attached hydrogens (tertiary/aromatic N) is 2. The van der Waals surface area contributed by atoms with Crippen LogP contribution in [0.2, 0.25) is 0 Å². The summed E-state index contributed by atoms with van der Waals surface area (Å²) in [4.78, 5) is 21.6. The number of carbonyl (C=O) groups excluding carboxylic acids is 1. The molecule has 2 aliphatic heterocycles. The first kappa shape index (κ1) is 11.7. The van der Waals surface area contributed by atoms with Crippen molar-refractivity contribution in [1.29, 1.82) is 0 Å². The van der Waals surface area contributed by atoms with Gasteiger partial charge >= 0.3 is 0 Å². The maximum Gasteiger partial charge on any atom is 0.229 e. The molecular weight excluding hydrogens is 230 g/mol. The number of hydrogen-bond acceptors (Lipinski definition) is 3. The van der Waals surface area contributed by atoms with E-state index in [9.17, 15) is 9.90 Å². The number of hydrogen-bond donors (Lipinski definition) is 2. The molecule has 3 atom stereocenters. The zero-order chi connectivity index (χ0) is 12.7. The van der Waals surface area contributed by atoms with Gasteiger partial charge in [0.2, 0.25) is 5.91 Å². The third-order valence-electron chi connectivity index (χ3n) is 4.25. The molecule has 5 nitrogen and oxygen atoms in total. The first-order valence-corrected chi connectivity index (χ1v) is 6.63. The van der Waals surface area contributed by atoms with Crippen LogP contribution < -0.4 is 0 Å². The summed E-state index contributed by atoms with van der Waals surface area (Å²) in [6.45, 7) is 1.93. The van der Waals surface area contributed by atoms with Gasteiger partial charge in [0.15, 0.2) is 0 Å². The summed E-state index contributed by atoms with van der Waals surface area (Å²) in [6, 6.07) is 0.482. The number of piperidine rings is 1. The lowest BCUT2D eigenvalue weighted by Crippen LogP contribution is -2.48. The first-order chi connectivity index (χ1) is 8.65.